The maximum atomic E-state index is 11.7. The van der Waals surface area contributed by atoms with Crippen molar-refractivity contribution in [3.05, 3.63) is 34.9 Å². The zero-order chi connectivity index (χ0) is 13.8. The lowest BCUT2D eigenvalue weighted by molar-refractivity contribution is 0.236. The molecular weight excluding hydrogens is 236 g/mol. The van der Waals surface area contributed by atoms with Gasteiger partial charge in [0.05, 0.1) is 0 Å². The number of carbonyl (C=O) groups is 1. The van der Waals surface area contributed by atoms with E-state index in [9.17, 15) is 4.79 Å². The van der Waals surface area contributed by atoms with Crippen LogP contribution >= 0.6 is 0 Å². The van der Waals surface area contributed by atoms with Crippen molar-refractivity contribution in [2.24, 2.45) is 5.92 Å². The van der Waals surface area contributed by atoms with Gasteiger partial charge in [0.2, 0.25) is 0 Å². The van der Waals surface area contributed by atoms with E-state index in [0.717, 1.165) is 6.42 Å². The molecule has 1 aliphatic carbocycles. The SMILES string of the molecule is Cc1ccc(CCNC(=O)NC(C)C2CC2)c(C)c1. The molecule has 1 saturated carbocycles. The molecule has 2 rings (SSSR count). The molecule has 1 fully saturated rings. The molecule has 0 radical (unpaired) electrons. The molecule has 0 saturated heterocycles. The van der Waals surface area contributed by atoms with Gasteiger partial charge in [0.25, 0.3) is 0 Å². The van der Waals surface area contributed by atoms with Crippen LogP contribution in [0.1, 0.15) is 36.5 Å². The molecule has 0 heterocycles. The molecular formula is C16H24N2O. The number of benzene rings is 1. The largest absolute Gasteiger partial charge is 0.338 e. The van der Waals surface area contributed by atoms with E-state index in [1.807, 2.05) is 0 Å². The average Bonchev–Trinajstić information content (AvgIpc) is 3.16. The Balaban J connectivity index is 1.71. The fourth-order valence-electron chi connectivity index (χ4n) is 2.41. The van der Waals surface area contributed by atoms with Crippen molar-refractivity contribution in [3.63, 3.8) is 0 Å². The lowest BCUT2D eigenvalue weighted by atomic mass is 10.0. The van der Waals surface area contributed by atoms with Crippen LogP contribution < -0.4 is 10.6 Å². The number of hydrogen-bond donors (Lipinski definition) is 2. The Morgan fingerprint density at radius 2 is 2.11 bits per heavy atom. The smallest absolute Gasteiger partial charge is 0.315 e. The van der Waals surface area contributed by atoms with Crippen molar-refractivity contribution < 1.29 is 4.79 Å². The van der Waals surface area contributed by atoms with Crippen molar-refractivity contribution in [1.29, 1.82) is 0 Å². The standard InChI is InChI=1S/C16H24N2O/c1-11-4-5-14(12(2)10-11)8-9-17-16(19)18-13(3)15-6-7-15/h4-5,10,13,15H,6-9H2,1-3H3,(H2,17,18,19). The molecule has 1 atom stereocenters. The Kier molecular flexibility index (Phi) is 4.46. The number of carbonyl (C=O) groups excluding carboxylic acids is 1. The van der Waals surface area contributed by atoms with E-state index in [2.05, 4.69) is 49.6 Å². The van der Waals surface area contributed by atoms with Crippen molar-refractivity contribution >= 4 is 6.03 Å². The Morgan fingerprint density at radius 1 is 1.37 bits per heavy atom. The van der Waals surface area contributed by atoms with E-state index in [-0.39, 0.29) is 6.03 Å². The van der Waals surface area contributed by atoms with Crippen LogP contribution in [0.5, 0.6) is 0 Å². The summed E-state index contributed by atoms with van der Waals surface area (Å²) in [5.74, 6) is 0.699. The first-order valence-corrected chi connectivity index (χ1v) is 7.17. The highest BCUT2D eigenvalue weighted by atomic mass is 16.2. The van der Waals surface area contributed by atoms with E-state index in [1.165, 1.54) is 29.5 Å². The predicted molar refractivity (Wildman–Crippen MR) is 78.3 cm³/mol. The Hall–Kier alpha value is -1.51. The van der Waals surface area contributed by atoms with Crippen molar-refractivity contribution in [3.8, 4) is 0 Å². The summed E-state index contributed by atoms with van der Waals surface area (Å²) < 4.78 is 0. The summed E-state index contributed by atoms with van der Waals surface area (Å²) in [5, 5.41) is 5.94. The summed E-state index contributed by atoms with van der Waals surface area (Å²) >= 11 is 0. The molecule has 1 aliphatic rings. The molecule has 2 amide bonds. The van der Waals surface area contributed by atoms with Crippen LogP contribution in [0.4, 0.5) is 4.79 Å². The average molecular weight is 260 g/mol. The van der Waals surface area contributed by atoms with Crippen molar-refractivity contribution in [2.45, 2.75) is 46.1 Å². The number of aryl methyl sites for hydroxylation is 2. The minimum Gasteiger partial charge on any atom is -0.338 e. The highest BCUT2D eigenvalue weighted by Gasteiger charge is 2.28. The first-order chi connectivity index (χ1) is 9.06. The monoisotopic (exact) mass is 260 g/mol. The van der Waals surface area contributed by atoms with Gasteiger partial charge in [-0.15, -0.1) is 0 Å². The first kappa shape index (κ1) is 13.9. The fourth-order valence-corrected chi connectivity index (χ4v) is 2.41. The van der Waals surface area contributed by atoms with Gasteiger partial charge in [-0.25, -0.2) is 4.79 Å². The zero-order valence-corrected chi connectivity index (χ0v) is 12.1. The molecule has 0 aliphatic heterocycles. The van der Waals surface area contributed by atoms with Crippen LogP contribution in [-0.2, 0) is 6.42 Å². The summed E-state index contributed by atoms with van der Waals surface area (Å²) in [4.78, 5) is 11.7. The highest BCUT2D eigenvalue weighted by molar-refractivity contribution is 5.74. The van der Waals surface area contributed by atoms with Gasteiger partial charge in [-0.1, -0.05) is 23.8 Å². The van der Waals surface area contributed by atoms with E-state index in [4.69, 9.17) is 0 Å². The molecule has 0 spiro atoms. The third-order valence-electron chi connectivity index (χ3n) is 3.87. The summed E-state index contributed by atoms with van der Waals surface area (Å²) in [7, 11) is 0. The van der Waals surface area contributed by atoms with Crippen LogP contribution in [0.25, 0.3) is 0 Å². The van der Waals surface area contributed by atoms with Gasteiger partial charge < -0.3 is 10.6 Å². The zero-order valence-electron chi connectivity index (χ0n) is 12.1. The number of urea groups is 1. The maximum absolute atomic E-state index is 11.7. The van der Waals surface area contributed by atoms with Gasteiger partial charge in [-0.3, -0.25) is 0 Å². The van der Waals surface area contributed by atoms with Gasteiger partial charge in [0.15, 0.2) is 0 Å². The lowest BCUT2D eigenvalue weighted by Gasteiger charge is -2.14. The van der Waals surface area contributed by atoms with Crippen LogP contribution in [0.15, 0.2) is 18.2 Å². The van der Waals surface area contributed by atoms with Gasteiger partial charge >= 0.3 is 6.03 Å². The molecule has 104 valence electrons. The molecule has 3 heteroatoms. The third-order valence-corrected chi connectivity index (χ3v) is 3.87. The highest BCUT2D eigenvalue weighted by Crippen LogP contribution is 2.32. The second-order valence-corrected chi connectivity index (χ2v) is 5.71. The Morgan fingerprint density at radius 3 is 2.74 bits per heavy atom. The summed E-state index contributed by atoms with van der Waals surface area (Å²) in [5.41, 5.74) is 3.89. The lowest BCUT2D eigenvalue weighted by Crippen LogP contribution is -2.42. The topological polar surface area (TPSA) is 41.1 Å². The first-order valence-electron chi connectivity index (χ1n) is 7.17. The minimum atomic E-state index is -0.0378. The predicted octanol–water partition coefficient (Wildman–Crippen LogP) is 2.94. The molecule has 0 bridgehead atoms. The Labute approximate surface area is 115 Å². The molecule has 19 heavy (non-hydrogen) atoms. The summed E-state index contributed by atoms with van der Waals surface area (Å²) in [6, 6.07) is 6.73. The quantitative estimate of drug-likeness (QED) is 0.839. The van der Waals surface area contributed by atoms with Crippen LogP contribution in [0.2, 0.25) is 0 Å². The molecule has 1 aromatic carbocycles. The molecule has 2 N–H and O–H groups in total. The molecule has 0 aromatic heterocycles. The number of nitrogens with one attached hydrogen (secondary N) is 2. The van der Waals surface area contributed by atoms with Gasteiger partial charge in [0, 0.05) is 12.6 Å². The second kappa shape index (κ2) is 6.09. The fraction of sp³-hybridized carbons (Fsp3) is 0.562. The molecule has 3 nitrogen and oxygen atoms in total. The second-order valence-electron chi connectivity index (χ2n) is 5.71. The van der Waals surface area contributed by atoms with Crippen molar-refractivity contribution in [2.75, 3.05) is 6.54 Å². The maximum Gasteiger partial charge on any atom is 0.315 e. The van der Waals surface area contributed by atoms with Crippen LogP contribution in [-0.4, -0.2) is 18.6 Å². The normalized spacial score (nSPS) is 15.9. The van der Waals surface area contributed by atoms with Gasteiger partial charge in [-0.2, -0.15) is 0 Å². The number of amides is 2. The Bertz CT molecular complexity index is 452. The van der Waals surface area contributed by atoms with Crippen LogP contribution in [0, 0.1) is 19.8 Å². The summed E-state index contributed by atoms with van der Waals surface area (Å²) in [6.45, 7) is 6.99. The van der Waals surface area contributed by atoms with E-state index < -0.39 is 0 Å². The number of hydrogen-bond acceptors (Lipinski definition) is 1. The van der Waals surface area contributed by atoms with E-state index in [0.29, 0.717) is 18.5 Å². The van der Waals surface area contributed by atoms with Crippen molar-refractivity contribution in [1.82, 2.24) is 10.6 Å². The van der Waals surface area contributed by atoms with Gasteiger partial charge in [0.1, 0.15) is 0 Å². The third kappa shape index (κ3) is 4.27. The summed E-state index contributed by atoms with van der Waals surface area (Å²) in [6.07, 6.45) is 3.39. The van der Waals surface area contributed by atoms with E-state index >= 15 is 0 Å². The van der Waals surface area contributed by atoms with Crippen LogP contribution in [0.3, 0.4) is 0 Å². The number of rotatable bonds is 5. The van der Waals surface area contributed by atoms with E-state index in [1.54, 1.807) is 0 Å². The van der Waals surface area contributed by atoms with Gasteiger partial charge in [-0.05, 0) is 57.1 Å². The molecule has 1 unspecified atom stereocenters. The minimum absolute atomic E-state index is 0.0378. The molecule has 1 aromatic rings.